The lowest BCUT2D eigenvalue weighted by atomic mass is 10.0. The molecule has 1 aliphatic heterocycles. The molecule has 0 saturated carbocycles. The average molecular weight is 267 g/mol. The maximum absolute atomic E-state index is 4.58. The summed E-state index contributed by atoms with van der Waals surface area (Å²) in [5.74, 6) is 1.05. The molecule has 0 amide bonds. The SMILES string of the molecule is CNC(C)c1ccnc(N2CCCc3ccccc32)c1. The minimum atomic E-state index is 0.344. The van der Waals surface area contributed by atoms with Crippen molar-refractivity contribution in [2.75, 3.05) is 18.5 Å². The van der Waals surface area contributed by atoms with Gasteiger partial charge in [0.25, 0.3) is 0 Å². The number of hydrogen-bond acceptors (Lipinski definition) is 3. The third kappa shape index (κ3) is 2.41. The van der Waals surface area contributed by atoms with E-state index in [0.29, 0.717) is 6.04 Å². The van der Waals surface area contributed by atoms with Crippen LogP contribution in [0.25, 0.3) is 0 Å². The third-order valence-corrected chi connectivity index (χ3v) is 4.09. The number of fused-ring (bicyclic) bond motifs is 1. The van der Waals surface area contributed by atoms with E-state index < -0.39 is 0 Å². The standard InChI is InChI=1S/C17H21N3/c1-13(18-2)15-9-10-19-17(12-15)20-11-5-7-14-6-3-4-8-16(14)20/h3-4,6,8-10,12-13,18H,5,7,11H2,1-2H3. The molecule has 1 aromatic heterocycles. The first kappa shape index (κ1) is 13.1. The van der Waals surface area contributed by atoms with Gasteiger partial charge in [0.05, 0.1) is 0 Å². The van der Waals surface area contributed by atoms with E-state index in [1.54, 1.807) is 0 Å². The van der Waals surface area contributed by atoms with Gasteiger partial charge in [-0.2, -0.15) is 0 Å². The van der Waals surface area contributed by atoms with Crippen LogP contribution in [-0.4, -0.2) is 18.6 Å². The molecule has 1 N–H and O–H groups in total. The predicted octanol–water partition coefficient (Wildman–Crippen LogP) is 3.45. The van der Waals surface area contributed by atoms with Gasteiger partial charge in [-0.3, -0.25) is 0 Å². The first-order chi connectivity index (χ1) is 9.79. The normalized spacial score (nSPS) is 15.8. The van der Waals surface area contributed by atoms with Crippen molar-refractivity contribution >= 4 is 11.5 Å². The van der Waals surface area contributed by atoms with E-state index in [4.69, 9.17) is 0 Å². The number of anilines is 2. The Labute approximate surface area is 120 Å². The molecule has 104 valence electrons. The average Bonchev–Trinajstić information content (AvgIpc) is 2.53. The monoisotopic (exact) mass is 267 g/mol. The molecular formula is C17H21N3. The fourth-order valence-corrected chi connectivity index (χ4v) is 2.79. The Kier molecular flexibility index (Phi) is 3.70. The van der Waals surface area contributed by atoms with Crippen LogP contribution in [0.2, 0.25) is 0 Å². The minimum absolute atomic E-state index is 0.344. The largest absolute Gasteiger partial charge is 0.326 e. The first-order valence-corrected chi connectivity index (χ1v) is 7.28. The van der Waals surface area contributed by atoms with Gasteiger partial charge in [0, 0.05) is 24.5 Å². The fraction of sp³-hybridized carbons (Fsp3) is 0.353. The van der Waals surface area contributed by atoms with Crippen molar-refractivity contribution in [3.05, 3.63) is 53.7 Å². The molecule has 0 bridgehead atoms. The molecule has 1 aliphatic rings. The van der Waals surface area contributed by atoms with Crippen LogP contribution in [0.15, 0.2) is 42.6 Å². The van der Waals surface area contributed by atoms with Crippen LogP contribution >= 0.6 is 0 Å². The molecular weight excluding hydrogens is 246 g/mol. The lowest BCUT2D eigenvalue weighted by molar-refractivity contribution is 0.650. The molecule has 1 aromatic carbocycles. The van der Waals surface area contributed by atoms with Crippen molar-refractivity contribution in [1.29, 1.82) is 0 Å². The molecule has 20 heavy (non-hydrogen) atoms. The summed E-state index contributed by atoms with van der Waals surface area (Å²) in [7, 11) is 1.99. The Morgan fingerprint density at radius 2 is 2.10 bits per heavy atom. The highest BCUT2D eigenvalue weighted by molar-refractivity contribution is 5.65. The molecule has 2 heterocycles. The Morgan fingerprint density at radius 3 is 2.95 bits per heavy atom. The van der Waals surface area contributed by atoms with Crippen molar-refractivity contribution in [3.63, 3.8) is 0 Å². The van der Waals surface area contributed by atoms with Gasteiger partial charge in [-0.25, -0.2) is 4.98 Å². The van der Waals surface area contributed by atoms with Crippen LogP contribution in [0.1, 0.15) is 30.5 Å². The van der Waals surface area contributed by atoms with Crippen LogP contribution < -0.4 is 10.2 Å². The quantitative estimate of drug-likeness (QED) is 0.923. The maximum Gasteiger partial charge on any atom is 0.133 e. The second-order valence-electron chi connectivity index (χ2n) is 5.34. The lowest BCUT2D eigenvalue weighted by Crippen LogP contribution is -2.25. The molecule has 0 radical (unpaired) electrons. The summed E-state index contributed by atoms with van der Waals surface area (Å²) in [4.78, 5) is 6.91. The summed E-state index contributed by atoms with van der Waals surface area (Å²) in [5.41, 5.74) is 4.01. The lowest BCUT2D eigenvalue weighted by Gasteiger charge is -2.30. The van der Waals surface area contributed by atoms with Crippen molar-refractivity contribution in [1.82, 2.24) is 10.3 Å². The minimum Gasteiger partial charge on any atom is -0.326 e. The maximum atomic E-state index is 4.58. The molecule has 0 spiro atoms. The molecule has 2 aromatic rings. The molecule has 0 aliphatic carbocycles. The predicted molar refractivity (Wildman–Crippen MR) is 83.5 cm³/mol. The van der Waals surface area contributed by atoms with Crippen LogP contribution in [0.3, 0.4) is 0 Å². The summed E-state index contributed by atoms with van der Waals surface area (Å²) in [5, 5.41) is 3.28. The van der Waals surface area contributed by atoms with Gasteiger partial charge in [-0.15, -0.1) is 0 Å². The fourth-order valence-electron chi connectivity index (χ4n) is 2.79. The topological polar surface area (TPSA) is 28.2 Å². The molecule has 0 saturated heterocycles. The zero-order valence-electron chi connectivity index (χ0n) is 12.1. The molecule has 3 nitrogen and oxygen atoms in total. The summed E-state index contributed by atoms with van der Waals surface area (Å²) >= 11 is 0. The van der Waals surface area contributed by atoms with Gasteiger partial charge >= 0.3 is 0 Å². The Hall–Kier alpha value is -1.87. The Bertz CT molecular complexity index is 594. The Balaban J connectivity index is 1.98. The summed E-state index contributed by atoms with van der Waals surface area (Å²) < 4.78 is 0. The van der Waals surface area contributed by atoms with E-state index in [9.17, 15) is 0 Å². The number of rotatable bonds is 3. The summed E-state index contributed by atoms with van der Waals surface area (Å²) in [6, 6.07) is 13.3. The van der Waals surface area contributed by atoms with Gasteiger partial charge in [0.1, 0.15) is 5.82 Å². The van der Waals surface area contributed by atoms with E-state index in [1.807, 2.05) is 13.2 Å². The van der Waals surface area contributed by atoms with Crippen molar-refractivity contribution in [2.45, 2.75) is 25.8 Å². The van der Waals surface area contributed by atoms with Gasteiger partial charge in [0.15, 0.2) is 0 Å². The highest BCUT2D eigenvalue weighted by Gasteiger charge is 2.19. The number of aryl methyl sites for hydroxylation is 1. The number of aromatic nitrogens is 1. The number of hydrogen-bond donors (Lipinski definition) is 1. The number of pyridine rings is 1. The third-order valence-electron chi connectivity index (χ3n) is 4.09. The van der Waals surface area contributed by atoms with Gasteiger partial charge in [0.2, 0.25) is 0 Å². The van der Waals surface area contributed by atoms with Crippen LogP contribution in [0.5, 0.6) is 0 Å². The van der Waals surface area contributed by atoms with Crippen molar-refractivity contribution in [2.24, 2.45) is 0 Å². The van der Waals surface area contributed by atoms with E-state index in [2.05, 4.69) is 58.5 Å². The summed E-state index contributed by atoms with van der Waals surface area (Å²) in [6.45, 7) is 3.21. The zero-order valence-corrected chi connectivity index (χ0v) is 12.1. The first-order valence-electron chi connectivity index (χ1n) is 7.28. The molecule has 1 unspecified atom stereocenters. The molecule has 0 fully saturated rings. The van der Waals surface area contributed by atoms with Crippen molar-refractivity contribution in [3.8, 4) is 0 Å². The van der Waals surface area contributed by atoms with Gasteiger partial charge < -0.3 is 10.2 Å². The molecule has 3 heteroatoms. The van der Waals surface area contributed by atoms with E-state index in [0.717, 1.165) is 12.4 Å². The number of benzene rings is 1. The Morgan fingerprint density at radius 1 is 1.25 bits per heavy atom. The number of para-hydroxylation sites is 1. The zero-order chi connectivity index (χ0) is 13.9. The van der Waals surface area contributed by atoms with E-state index in [-0.39, 0.29) is 0 Å². The van der Waals surface area contributed by atoms with Crippen LogP contribution in [0.4, 0.5) is 11.5 Å². The number of nitrogens with one attached hydrogen (secondary N) is 1. The second-order valence-corrected chi connectivity index (χ2v) is 5.34. The van der Waals surface area contributed by atoms with E-state index >= 15 is 0 Å². The second kappa shape index (κ2) is 5.63. The van der Waals surface area contributed by atoms with Crippen LogP contribution in [0, 0.1) is 0 Å². The highest BCUT2D eigenvalue weighted by atomic mass is 15.2. The van der Waals surface area contributed by atoms with Crippen LogP contribution in [-0.2, 0) is 6.42 Å². The highest BCUT2D eigenvalue weighted by Crippen LogP contribution is 2.32. The number of nitrogens with zero attached hydrogens (tertiary/aromatic N) is 2. The smallest absolute Gasteiger partial charge is 0.133 e. The van der Waals surface area contributed by atoms with E-state index in [1.165, 1.54) is 29.7 Å². The van der Waals surface area contributed by atoms with Gasteiger partial charge in [-0.1, -0.05) is 18.2 Å². The molecule has 3 rings (SSSR count). The summed E-state index contributed by atoms with van der Waals surface area (Å²) in [6.07, 6.45) is 4.26. The van der Waals surface area contributed by atoms with Gasteiger partial charge in [-0.05, 0) is 56.1 Å². The van der Waals surface area contributed by atoms with Crippen molar-refractivity contribution < 1.29 is 0 Å². The molecule has 1 atom stereocenters.